The number of hydrogen-bond acceptors (Lipinski definition) is 3. The number of carbonyl (C=O) groups is 1. The quantitative estimate of drug-likeness (QED) is 0.416. The molecule has 4 saturated heterocycles. The van der Waals surface area contributed by atoms with Crippen LogP contribution >= 0.6 is 22.6 Å². The molecule has 0 aromatic heterocycles. The summed E-state index contributed by atoms with van der Waals surface area (Å²) in [4.78, 5) is 14.0. The molecule has 4 rings (SSSR count). The fourth-order valence-electron chi connectivity index (χ4n) is 3.66. The van der Waals surface area contributed by atoms with Crippen LogP contribution in [0.5, 0.6) is 0 Å². The predicted molar refractivity (Wildman–Crippen MR) is 65.0 cm³/mol. The van der Waals surface area contributed by atoms with E-state index >= 15 is 0 Å². The van der Waals surface area contributed by atoms with Gasteiger partial charge in [0.25, 0.3) is 0 Å². The smallest absolute Gasteiger partial charge is 0.306 e. The Bertz CT molecular complexity index is 288. The summed E-state index contributed by atoms with van der Waals surface area (Å²) < 4.78 is 6.44. The average molecular weight is 321 g/mol. The van der Waals surface area contributed by atoms with Crippen LogP contribution in [-0.2, 0) is 9.53 Å². The van der Waals surface area contributed by atoms with Crippen LogP contribution < -0.4 is 0 Å². The van der Waals surface area contributed by atoms with E-state index in [9.17, 15) is 4.79 Å². The van der Waals surface area contributed by atoms with E-state index in [-0.39, 0.29) is 17.5 Å². The van der Waals surface area contributed by atoms with Crippen molar-refractivity contribution in [3.63, 3.8) is 0 Å². The van der Waals surface area contributed by atoms with E-state index < -0.39 is 0 Å². The number of cyclic esters (lactones) is 1. The predicted octanol–water partition coefficient (Wildman–Crippen LogP) is 1.45. The molecule has 4 aliphatic rings. The number of esters is 1. The maximum Gasteiger partial charge on any atom is 0.306 e. The third-order valence-electron chi connectivity index (χ3n) is 4.45. The normalized spacial score (nSPS) is 48.6. The zero-order valence-electron chi connectivity index (χ0n) is 8.75. The number of ether oxygens (including phenoxy) is 1. The molecule has 0 N–H and O–H groups in total. The lowest BCUT2D eigenvalue weighted by Gasteiger charge is -2.52. The van der Waals surface area contributed by atoms with Gasteiger partial charge in [0.15, 0.2) is 0 Å². The summed E-state index contributed by atoms with van der Waals surface area (Å²) in [6.07, 6.45) is 3.38. The topological polar surface area (TPSA) is 29.5 Å². The minimum Gasteiger partial charge on any atom is -0.461 e. The number of alkyl halides is 1. The molecular weight excluding hydrogens is 305 g/mol. The molecule has 0 aliphatic carbocycles. The maximum atomic E-state index is 11.5. The Hall–Kier alpha value is 0.160. The summed E-state index contributed by atoms with van der Waals surface area (Å²) in [5.74, 6) is 0.763. The highest BCUT2D eigenvalue weighted by molar-refractivity contribution is 14.1. The number of rotatable bonds is 1. The molecule has 2 unspecified atom stereocenters. The van der Waals surface area contributed by atoms with E-state index in [1.807, 2.05) is 0 Å². The van der Waals surface area contributed by atoms with E-state index in [0.717, 1.165) is 16.9 Å². The van der Waals surface area contributed by atoms with E-state index in [1.54, 1.807) is 0 Å². The van der Waals surface area contributed by atoms with Crippen LogP contribution in [-0.4, -0.2) is 41.0 Å². The van der Waals surface area contributed by atoms with E-state index in [4.69, 9.17) is 4.74 Å². The Morgan fingerprint density at radius 3 is 2.73 bits per heavy atom. The van der Waals surface area contributed by atoms with Crippen LogP contribution in [0.15, 0.2) is 0 Å². The highest BCUT2D eigenvalue weighted by Gasteiger charge is 2.57. The van der Waals surface area contributed by atoms with Gasteiger partial charge >= 0.3 is 5.97 Å². The fraction of sp³-hybridized carbons (Fsp3) is 0.909. The molecule has 2 bridgehead atoms. The van der Waals surface area contributed by atoms with Crippen LogP contribution in [0.2, 0.25) is 0 Å². The first-order valence-corrected chi connectivity index (χ1v) is 7.25. The van der Waals surface area contributed by atoms with E-state index in [1.165, 1.54) is 25.9 Å². The lowest BCUT2D eigenvalue weighted by atomic mass is 9.63. The van der Waals surface area contributed by atoms with Gasteiger partial charge in [-0.1, -0.05) is 22.6 Å². The molecular formula is C11H16INO2. The molecule has 2 atom stereocenters. The number of piperidine rings is 3. The van der Waals surface area contributed by atoms with Crippen molar-refractivity contribution in [2.45, 2.75) is 25.4 Å². The molecule has 0 saturated carbocycles. The molecule has 0 radical (unpaired) electrons. The molecule has 15 heavy (non-hydrogen) atoms. The monoisotopic (exact) mass is 321 g/mol. The second-order valence-electron chi connectivity index (χ2n) is 5.09. The number of nitrogens with zero attached hydrogens (tertiary/aromatic N) is 1. The highest BCUT2D eigenvalue weighted by atomic mass is 127. The molecule has 0 amide bonds. The summed E-state index contributed by atoms with van der Waals surface area (Å²) in [6.45, 7) is 3.56. The Labute approximate surface area is 104 Å². The summed E-state index contributed by atoms with van der Waals surface area (Å²) in [5, 5.41) is 0. The zero-order valence-corrected chi connectivity index (χ0v) is 10.9. The van der Waals surface area contributed by atoms with Crippen LogP contribution in [0.25, 0.3) is 0 Å². The minimum absolute atomic E-state index is 0.0328. The number of halogens is 1. The maximum absolute atomic E-state index is 11.5. The third-order valence-corrected chi connectivity index (χ3v) is 5.25. The van der Waals surface area contributed by atoms with Gasteiger partial charge in [0.05, 0.1) is 6.42 Å². The van der Waals surface area contributed by atoms with Gasteiger partial charge < -0.3 is 9.64 Å². The standard InChI is InChI=1S/C11H16INO2/c12-6-9-11(5-10(14)15-9)7-13-3-1-8(11)2-4-13/h8-9H,1-7H2. The first-order chi connectivity index (χ1) is 7.24. The first-order valence-electron chi connectivity index (χ1n) is 5.72. The zero-order chi connectivity index (χ0) is 10.5. The SMILES string of the molecule is O=C1CC2(CN3CCC2CC3)C(CI)O1. The van der Waals surface area contributed by atoms with Gasteiger partial charge in [0, 0.05) is 16.4 Å². The van der Waals surface area contributed by atoms with Gasteiger partial charge in [-0.3, -0.25) is 4.79 Å². The van der Waals surface area contributed by atoms with Gasteiger partial charge in [0.1, 0.15) is 6.10 Å². The van der Waals surface area contributed by atoms with Crippen molar-refractivity contribution in [2.24, 2.45) is 11.3 Å². The van der Waals surface area contributed by atoms with Crippen molar-refractivity contribution in [2.75, 3.05) is 24.1 Å². The van der Waals surface area contributed by atoms with Crippen molar-refractivity contribution in [1.29, 1.82) is 0 Å². The molecule has 4 aliphatic heterocycles. The fourth-order valence-corrected chi connectivity index (χ4v) is 4.72. The van der Waals surface area contributed by atoms with Crippen molar-refractivity contribution in [1.82, 2.24) is 4.90 Å². The summed E-state index contributed by atoms with van der Waals surface area (Å²) >= 11 is 2.36. The summed E-state index contributed by atoms with van der Waals surface area (Å²) in [7, 11) is 0. The average Bonchev–Trinajstić information content (AvgIpc) is 2.56. The lowest BCUT2D eigenvalue weighted by molar-refractivity contribution is -0.141. The highest BCUT2D eigenvalue weighted by Crippen LogP contribution is 2.51. The van der Waals surface area contributed by atoms with Gasteiger partial charge in [0.2, 0.25) is 0 Å². The van der Waals surface area contributed by atoms with Crippen molar-refractivity contribution in [3.8, 4) is 0 Å². The van der Waals surface area contributed by atoms with Gasteiger partial charge in [-0.2, -0.15) is 0 Å². The van der Waals surface area contributed by atoms with Crippen molar-refractivity contribution < 1.29 is 9.53 Å². The van der Waals surface area contributed by atoms with Gasteiger partial charge in [-0.05, 0) is 31.8 Å². The number of hydrogen-bond donors (Lipinski definition) is 0. The van der Waals surface area contributed by atoms with Crippen molar-refractivity contribution in [3.05, 3.63) is 0 Å². The lowest BCUT2D eigenvalue weighted by Crippen LogP contribution is -2.58. The Balaban J connectivity index is 1.91. The van der Waals surface area contributed by atoms with Gasteiger partial charge in [-0.25, -0.2) is 0 Å². The minimum atomic E-state index is 0.0328. The van der Waals surface area contributed by atoms with Gasteiger partial charge in [-0.15, -0.1) is 0 Å². The molecule has 4 fully saturated rings. The molecule has 0 aromatic carbocycles. The Kier molecular flexibility index (Phi) is 2.47. The summed E-state index contributed by atoms with van der Waals surface area (Å²) in [6, 6.07) is 0. The molecule has 0 aromatic rings. The third kappa shape index (κ3) is 1.44. The largest absolute Gasteiger partial charge is 0.461 e. The first kappa shape index (κ1) is 10.3. The van der Waals surface area contributed by atoms with Crippen LogP contribution in [0, 0.1) is 11.3 Å². The second-order valence-corrected chi connectivity index (χ2v) is 5.97. The Morgan fingerprint density at radius 1 is 1.47 bits per heavy atom. The Morgan fingerprint density at radius 2 is 2.20 bits per heavy atom. The summed E-state index contributed by atoms with van der Waals surface area (Å²) in [5.41, 5.74) is 0.175. The molecule has 1 spiro atoms. The van der Waals surface area contributed by atoms with Crippen LogP contribution in [0.4, 0.5) is 0 Å². The van der Waals surface area contributed by atoms with Crippen LogP contribution in [0.3, 0.4) is 0 Å². The molecule has 4 heterocycles. The van der Waals surface area contributed by atoms with Crippen LogP contribution in [0.1, 0.15) is 19.3 Å². The molecule has 3 nitrogen and oxygen atoms in total. The number of carbonyl (C=O) groups excluding carboxylic acids is 1. The van der Waals surface area contributed by atoms with E-state index in [0.29, 0.717) is 6.42 Å². The molecule has 84 valence electrons. The molecule has 4 heteroatoms. The van der Waals surface area contributed by atoms with E-state index in [2.05, 4.69) is 27.5 Å². The second kappa shape index (κ2) is 3.58. The number of fused-ring (bicyclic) bond motifs is 2. The van der Waals surface area contributed by atoms with Crippen molar-refractivity contribution >= 4 is 28.6 Å².